The van der Waals surface area contributed by atoms with Crippen LogP contribution in [0.5, 0.6) is 5.75 Å². The molecule has 0 saturated heterocycles. The van der Waals surface area contributed by atoms with Crippen molar-refractivity contribution in [2.75, 3.05) is 0 Å². The number of phenolic OH excluding ortho intramolecular Hbond substituents is 1. The van der Waals surface area contributed by atoms with Gasteiger partial charge in [0.05, 0.1) is 16.6 Å². The van der Waals surface area contributed by atoms with E-state index < -0.39 is 24.1 Å². The van der Waals surface area contributed by atoms with E-state index in [1.807, 2.05) is 82.3 Å². The molecule has 66 heavy (non-hydrogen) atoms. The number of imidazole rings is 1. The van der Waals surface area contributed by atoms with Gasteiger partial charge in [-0.15, -0.1) is 29.3 Å². The Bertz CT molecular complexity index is 3280. The van der Waals surface area contributed by atoms with E-state index in [9.17, 15) is 6.48 Å². The summed E-state index contributed by atoms with van der Waals surface area (Å²) in [6.07, 6.45) is 1.78. The van der Waals surface area contributed by atoms with Crippen molar-refractivity contribution in [2.45, 2.75) is 125 Å². The molecule has 0 bridgehead atoms. The van der Waals surface area contributed by atoms with Gasteiger partial charge >= 0.3 is 0 Å². The molecule has 8 aromatic rings. The minimum absolute atomic E-state index is 0. The molecule has 2 heterocycles. The zero-order valence-corrected chi connectivity index (χ0v) is 43.0. The first-order valence-electron chi connectivity index (χ1n) is 25.2. The average molecular weight is 1060 g/mol. The van der Waals surface area contributed by atoms with Gasteiger partial charge in [0.25, 0.3) is 0 Å². The third-order valence-corrected chi connectivity index (χ3v) is 12.5. The molecule has 0 aliphatic carbocycles. The van der Waals surface area contributed by atoms with E-state index in [1.54, 1.807) is 18.3 Å². The molecule has 6 aromatic carbocycles. The molecule has 342 valence electrons. The second-order valence-electron chi connectivity index (χ2n) is 21.1. The number of phenols is 1. The molecule has 0 radical (unpaired) electrons. The molecule has 0 fully saturated rings. The largest absolute Gasteiger partial charge is 0.507 e. The van der Waals surface area contributed by atoms with Crippen molar-refractivity contribution in [3.8, 4) is 67.5 Å². The number of aromatic hydroxyl groups is 1. The zero-order chi connectivity index (χ0) is 51.1. The molecule has 0 saturated carbocycles. The van der Waals surface area contributed by atoms with E-state index in [0.29, 0.717) is 17.0 Å². The Hall–Kier alpha value is -5.57. The molecule has 2 aromatic heterocycles. The Balaban J connectivity index is 0.00000741. The van der Waals surface area contributed by atoms with Crippen molar-refractivity contribution in [3.63, 3.8) is 0 Å². The summed E-state index contributed by atoms with van der Waals surface area (Å²) in [5, 5.41) is 12.5. The van der Waals surface area contributed by atoms with Crippen LogP contribution in [0.25, 0.3) is 72.7 Å². The maximum Gasteiger partial charge on any atom is 0.148 e. The Kier molecular flexibility index (Phi) is 11.6. The summed E-state index contributed by atoms with van der Waals surface area (Å²) in [6, 6.07) is 43.7. The van der Waals surface area contributed by atoms with Crippen molar-refractivity contribution in [1.29, 1.82) is 0 Å². The molecule has 5 heteroatoms. The van der Waals surface area contributed by atoms with E-state index in [0.717, 1.165) is 89.2 Å². The number of nitrogens with zero attached hydrogens (tertiary/aromatic N) is 3. The first kappa shape index (κ1) is 41.8. The van der Waals surface area contributed by atoms with E-state index >= 15 is 0 Å². The van der Waals surface area contributed by atoms with E-state index in [1.165, 1.54) is 0 Å². The summed E-state index contributed by atoms with van der Waals surface area (Å²) >= 11 is 0. The number of aryl methyl sites for hydroxylation is 1. The van der Waals surface area contributed by atoms with Crippen LogP contribution in [-0.4, -0.2) is 19.6 Å². The summed E-state index contributed by atoms with van der Waals surface area (Å²) in [4.78, 5) is 10.4. The van der Waals surface area contributed by atoms with Gasteiger partial charge < -0.3 is 5.11 Å². The van der Waals surface area contributed by atoms with Gasteiger partial charge in [0.15, 0.2) is 0 Å². The second-order valence-corrected chi connectivity index (χ2v) is 21.1. The summed E-state index contributed by atoms with van der Waals surface area (Å²) < 4.78 is 44.4. The van der Waals surface area contributed by atoms with Crippen molar-refractivity contribution in [3.05, 3.63) is 167 Å². The third kappa shape index (κ3) is 9.50. The van der Waals surface area contributed by atoms with Crippen LogP contribution >= 0.6 is 0 Å². The van der Waals surface area contributed by atoms with Gasteiger partial charge in [-0.05, 0) is 104 Å². The second kappa shape index (κ2) is 18.3. The summed E-state index contributed by atoms with van der Waals surface area (Å²) in [7, 11) is 0. The molecular formula is C61H66N3OPt-. The van der Waals surface area contributed by atoms with Crippen molar-refractivity contribution >= 4 is 11.0 Å². The van der Waals surface area contributed by atoms with E-state index in [4.69, 9.17) is 15.5 Å². The van der Waals surface area contributed by atoms with Crippen LogP contribution in [0.3, 0.4) is 0 Å². The molecule has 0 spiro atoms. The van der Waals surface area contributed by atoms with Crippen LogP contribution in [0.15, 0.2) is 128 Å². The van der Waals surface area contributed by atoms with Gasteiger partial charge in [-0.1, -0.05) is 186 Å². The number of pyridine rings is 1. The zero-order valence-electron chi connectivity index (χ0n) is 45.7. The average Bonchev–Trinajstić information content (AvgIpc) is 3.66. The fraction of sp³-hybridized carbons (Fsp3) is 0.311. The van der Waals surface area contributed by atoms with Crippen molar-refractivity contribution in [1.82, 2.24) is 14.5 Å². The van der Waals surface area contributed by atoms with Crippen molar-refractivity contribution < 1.29 is 33.0 Å². The number of aromatic nitrogens is 3. The van der Waals surface area contributed by atoms with Crippen LogP contribution in [-0.2, 0) is 37.3 Å². The van der Waals surface area contributed by atoms with Crippen LogP contribution < -0.4 is 0 Å². The molecule has 0 unspecified atom stereocenters. The maximum absolute atomic E-state index is 12.5. The van der Waals surface area contributed by atoms with Crippen LogP contribution in [0.2, 0.25) is 0 Å². The van der Waals surface area contributed by atoms with Gasteiger partial charge in [0.2, 0.25) is 0 Å². The van der Waals surface area contributed by atoms with Gasteiger partial charge in [-0.2, -0.15) is 0 Å². The fourth-order valence-electron chi connectivity index (χ4n) is 8.75. The minimum atomic E-state index is -2.19. The SMILES string of the molecule is [2H]C([2H])([2H])c1ccc(-c2ccnc(-c3[c-]c(-c4cccc5c4nc(-c4cc(C(C)(C)C)cc(C(C)(C)C)c4O)n5-c4ccc(-c5ccccc5C([2H])(C)C)c(C([2H])(C)C)c4)cc(C(C)(C)C)c3)c2)cc1.[Pt]. The first-order chi connectivity index (χ1) is 32.4. The maximum atomic E-state index is 12.5. The normalized spacial score (nSPS) is 13.9. The third-order valence-electron chi connectivity index (χ3n) is 12.5. The predicted molar refractivity (Wildman–Crippen MR) is 276 cm³/mol. The number of benzene rings is 6. The molecule has 0 aliphatic rings. The van der Waals surface area contributed by atoms with Gasteiger partial charge in [-0.3, -0.25) is 9.55 Å². The predicted octanol–water partition coefficient (Wildman–Crippen LogP) is 16.7. The van der Waals surface area contributed by atoms with Crippen LogP contribution in [0, 0.1) is 12.9 Å². The van der Waals surface area contributed by atoms with E-state index in [-0.39, 0.29) is 37.6 Å². The van der Waals surface area contributed by atoms with Gasteiger partial charge in [-0.25, -0.2) is 4.98 Å². The topological polar surface area (TPSA) is 50.9 Å². The molecule has 0 amide bonds. The summed E-state index contributed by atoms with van der Waals surface area (Å²) in [6.45, 7) is 24.9. The summed E-state index contributed by atoms with van der Waals surface area (Å²) in [5.74, 6) is -1.17. The quantitative estimate of drug-likeness (QED) is 0.154. The first-order valence-corrected chi connectivity index (χ1v) is 22.7. The van der Waals surface area contributed by atoms with Crippen LogP contribution in [0.4, 0.5) is 0 Å². The molecule has 1 N–H and O–H groups in total. The van der Waals surface area contributed by atoms with Gasteiger partial charge in [0, 0.05) is 51.1 Å². The number of fused-ring (bicyclic) bond motifs is 1. The molecule has 4 nitrogen and oxygen atoms in total. The molecule has 0 atom stereocenters. The monoisotopic (exact) mass is 1060 g/mol. The standard InChI is InChI=1S/C61H66N3O.Pt/c1-37(2)47-18-15-16-19-49(47)50-27-26-46(36-51(50)38(3)4)64-55-21-17-20-48(56(55)63-58(64)52-34-45(60(9,10)11)35-53(57(52)65)61(12,13)14)42-30-43(32-44(31-42)59(6,7)8)54-33-41(28-29-62-54)40-24-22-39(5)23-25-40;/h15-29,31-38,65H,1-14H3;/q-1;/i5D3,37D,38D;. The Morgan fingerprint density at radius 2 is 1.24 bits per heavy atom. The fourth-order valence-corrected chi connectivity index (χ4v) is 8.75. The minimum Gasteiger partial charge on any atom is -0.507 e. The van der Waals surface area contributed by atoms with E-state index in [2.05, 4.69) is 128 Å². The smallest absolute Gasteiger partial charge is 0.148 e. The van der Waals surface area contributed by atoms with Gasteiger partial charge in [0.1, 0.15) is 11.6 Å². The van der Waals surface area contributed by atoms with Crippen molar-refractivity contribution in [2.24, 2.45) is 0 Å². The number of hydrogen-bond acceptors (Lipinski definition) is 3. The number of hydrogen-bond donors (Lipinski definition) is 1. The molecular weight excluding hydrogens is 986 g/mol. The number of rotatable bonds is 8. The summed E-state index contributed by atoms with van der Waals surface area (Å²) in [5.41, 5.74) is 13.8. The van der Waals surface area contributed by atoms with Crippen LogP contribution in [0.1, 0.15) is 142 Å². The Morgan fingerprint density at radius 3 is 1.89 bits per heavy atom. The number of para-hydroxylation sites is 1. The molecule has 8 rings (SSSR count). The Morgan fingerprint density at radius 1 is 0.606 bits per heavy atom. The molecule has 0 aliphatic heterocycles. The Labute approximate surface area is 415 Å².